The minimum atomic E-state index is -1.06. The summed E-state index contributed by atoms with van der Waals surface area (Å²) in [7, 11) is 0. The molecule has 2 amide bonds. The third-order valence-electron chi connectivity index (χ3n) is 4.18. The Labute approximate surface area is 108 Å². The van der Waals surface area contributed by atoms with Crippen LogP contribution in [0.15, 0.2) is 0 Å². The van der Waals surface area contributed by atoms with E-state index in [0.717, 1.165) is 19.4 Å². The number of rotatable bonds is 3. The lowest BCUT2D eigenvalue weighted by atomic mass is 9.78. The van der Waals surface area contributed by atoms with Crippen molar-refractivity contribution in [3.05, 3.63) is 0 Å². The predicted octanol–water partition coefficient (Wildman–Crippen LogP) is 1.83. The second kappa shape index (κ2) is 6.07. The highest BCUT2D eigenvalue weighted by Gasteiger charge is 2.35. The van der Waals surface area contributed by atoms with Gasteiger partial charge in [0, 0.05) is 25.6 Å². The molecule has 1 aliphatic heterocycles. The van der Waals surface area contributed by atoms with E-state index in [9.17, 15) is 9.59 Å². The van der Waals surface area contributed by atoms with Gasteiger partial charge in [-0.3, -0.25) is 4.79 Å². The lowest BCUT2D eigenvalue weighted by molar-refractivity contribution is -0.137. The zero-order valence-electron chi connectivity index (χ0n) is 10.7. The normalized spacial score (nSPS) is 27.4. The molecule has 1 saturated heterocycles. The first-order chi connectivity index (χ1) is 8.68. The standard InChI is InChI=1S/C13H22N2O3/c16-12(7-8-14-13(17)18)15-9-3-5-10-4-1-2-6-11(10)15/h10-11,14H,1-9H2,(H,17,18). The van der Waals surface area contributed by atoms with Gasteiger partial charge in [-0.25, -0.2) is 4.79 Å². The minimum absolute atomic E-state index is 0.111. The molecule has 0 spiro atoms. The first-order valence-corrected chi connectivity index (χ1v) is 6.95. The summed E-state index contributed by atoms with van der Waals surface area (Å²) >= 11 is 0. The molecule has 0 aromatic rings. The van der Waals surface area contributed by atoms with Crippen molar-refractivity contribution in [2.45, 2.75) is 51.0 Å². The van der Waals surface area contributed by atoms with Crippen LogP contribution in [0.5, 0.6) is 0 Å². The number of hydrogen-bond donors (Lipinski definition) is 2. The Morgan fingerprint density at radius 1 is 1.17 bits per heavy atom. The van der Waals surface area contributed by atoms with Crippen LogP contribution in [0.4, 0.5) is 4.79 Å². The van der Waals surface area contributed by atoms with Crippen molar-refractivity contribution < 1.29 is 14.7 Å². The van der Waals surface area contributed by atoms with Gasteiger partial charge in [-0.2, -0.15) is 0 Å². The van der Waals surface area contributed by atoms with Crippen LogP contribution < -0.4 is 5.32 Å². The van der Waals surface area contributed by atoms with E-state index >= 15 is 0 Å². The Morgan fingerprint density at radius 2 is 1.89 bits per heavy atom. The molecule has 5 heteroatoms. The highest BCUT2D eigenvalue weighted by molar-refractivity contribution is 5.77. The van der Waals surface area contributed by atoms with Crippen LogP contribution in [0.25, 0.3) is 0 Å². The fourth-order valence-corrected chi connectivity index (χ4v) is 3.35. The molecule has 2 unspecified atom stereocenters. The first-order valence-electron chi connectivity index (χ1n) is 6.95. The van der Waals surface area contributed by atoms with Crippen molar-refractivity contribution in [3.8, 4) is 0 Å². The average Bonchev–Trinajstić information content (AvgIpc) is 2.37. The SMILES string of the molecule is O=C(O)NCCC(=O)N1CCCC2CCCCC21. The van der Waals surface area contributed by atoms with Gasteiger partial charge < -0.3 is 15.3 Å². The molecule has 0 bridgehead atoms. The summed E-state index contributed by atoms with van der Waals surface area (Å²) in [4.78, 5) is 24.5. The zero-order valence-corrected chi connectivity index (χ0v) is 10.7. The van der Waals surface area contributed by atoms with Gasteiger partial charge in [0.1, 0.15) is 0 Å². The maximum atomic E-state index is 12.1. The molecule has 1 heterocycles. The van der Waals surface area contributed by atoms with Gasteiger partial charge >= 0.3 is 6.09 Å². The van der Waals surface area contributed by atoms with Crippen molar-refractivity contribution in [3.63, 3.8) is 0 Å². The molecule has 2 atom stereocenters. The largest absolute Gasteiger partial charge is 0.465 e. The summed E-state index contributed by atoms with van der Waals surface area (Å²) in [5.74, 6) is 0.796. The van der Waals surface area contributed by atoms with Crippen LogP contribution in [0.1, 0.15) is 44.9 Å². The van der Waals surface area contributed by atoms with Gasteiger partial charge in [-0.1, -0.05) is 12.8 Å². The number of carboxylic acid groups (broad SMARTS) is 1. The molecular weight excluding hydrogens is 232 g/mol. The molecule has 0 aromatic carbocycles. The Bertz CT molecular complexity index is 317. The molecule has 2 N–H and O–H groups in total. The summed E-state index contributed by atoms with van der Waals surface area (Å²) < 4.78 is 0. The number of likely N-dealkylation sites (tertiary alicyclic amines) is 1. The lowest BCUT2D eigenvalue weighted by Gasteiger charge is -2.44. The first kappa shape index (κ1) is 13.2. The Morgan fingerprint density at radius 3 is 2.67 bits per heavy atom. The second-order valence-electron chi connectivity index (χ2n) is 5.32. The molecule has 102 valence electrons. The van der Waals surface area contributed by atoms with E-state index in [0.29, 0.717) is 12.0 Å². The van der Waals surface area contributed by atoms with E-state index in [4.69, 9.17) is 5.11 Å². The monoisotopic (exact) mass is 254 g/mol. The molecule has 1 saturated carbocycles. The Balaban J connectivity index is 1.85. The van der Waals surface area contributed by atoms with Crippen molar-refractivity contribution >= 4 is 12.0 Å². The number of piperidine rings is 1. The third kappa shape index (κ3) is 3.15. The molecule has 18 heavy (non-hydrogen) atoms. The molecule has 0 radical (unpaired) electrons. The Hall–Kier alpha value is -1.26. The van der Waals surface area contributed by atoms with E-state index in [-0.39, 0.29) is 18.9 Å². The number of carbonyl (C=O) groups is 2. The van der Waals surface area contributed by atoms with Crippen LogP contribution in [0.2, 0.25) is 0 Å². The van der Waals surface area contributed by atoms with E-state index < -0.39 is 6.09 Å². The van der Waals surface area contributed by atoms with Crippen LogP contribution in [0, 0.1) is 5.92 Å². The highest BCUT2D eigenvalue weighted by Crippen LogP contribution is 2.35. The van der Waals surface area contributed by atoms with Crippen LogP contribution >= 0.6 is 0 Å². The van der Waals surface area contributed by atoms with Gasteiger partial charge in [0.2, 0.25) is 5.91 Å². The number of nitrogens with zero attached hydrogens (tertiary/aromatic N) is 1. The summed E-state index contributed by atoms with van der Waals surface area (Å²) in [5, 5.41) is 10.7. The van der Waals surface area contributed by atoms with Gasteiger partial charge in [-0.15, -0.1) is 0 Å². The fourth-order valence-electron chi connectivity index (χ4n) is 3.35. The van der Waals surface area contributed by atoms with E-state index in [1.165, 1.54) is 25.7 Å². The summed E-state index contributed by atoms with van der Waals surface area (Å²) in [6, 6.07) is 0.421. The zero-order chi connectivity index (χ0) is 13.0. The molecule has 0 aromatic heterocycles. The molecule has 2 rings (SSSR count). The maximum Gasteiger partial charge on any atom is 0.404 e. The molecular formula is C13H22N2O3. The summed E-state index contributed by atoms with van der Waals surface area (Å²) in [5.41, 5.74) is 0. The highest BCUT2D eigenvalue weighted by atomic mass is 16.4. The second-order valence-corrected chi connectivity index (χ2v) is 5.32. The maximum absolute atomic E-state index is 12.1. The number of nitrogens with one attached hydrogen (secondary N) is 1. The number of fused-ring (bicyclic) bond motifs is 1. The van der Waals surface area contributed by atoms with Crippen LogP contribution in [-0.4, -0.2) is 41.1 Å². The van der Waals surface area contributed by atoms with Gasteiger partial charge in [0.15, 0.2) is 0 Å². The number of carbonyl (C=O) groups excluding carboxylic acids is 1. The number of amides is 2. The third-order valence-corrected chi connectivity index (χ3v) is 4.18. The topological polar surface area (TPSA) is 69.6 Å². The van der Waals surface area contributed by atoms with Crippen molar-refractivity contribution in [1.29, 1.82) is 0 Å². The summed E-state index contributed by atoms with van der Waals surface area (Å²) in [6.07, 6.45) is 6.47. The van der Waals surface area contributed by atoms with Crippen molar-refractivity contribution in [2.24, 2.45) is 5.92 Å². The van der Waals surface area contributed by atoms with Gasteiger partial charge in [-0.05, 0) is 31.6 Å². The van der Waals surface area contributed by atoms with Crippen molar-refractivity contribution in [1.82, 2.24) is 10.2 Å². The quantitative estimate of drug-likeness (QED) is 0.807. The van der Waals surface area contributed by atoms with E-state index in [2.05, 4.69) is 5.32 Å². The lowest BCUT2D eigenvalue weighted by Crippen LogP contribution is -2.50. The smallest absolute Gasteiger partial charge is 0.404 e. The summed E-state index contributed by atoms with van der Waals surface area (Å²) in [6.45, 7) is 1.08. The van der Waals surface area contributed by atoms with Crippen LogP contribution in [-0.2, 0) is 4.79 Å². The van der Waals surface area contributed by atoms with E-state index in [1.54, 1.807) is 0 Å². The number of hydrogen-bond acceptors (Lipinski definition) is 2. The molecule has 1 aliphatic carbocycles. The molecule has 2 aliphatic rings. The predicted molar refractivity (Wildman–Crippen MR) is 67.3 cm³/mol. The fraction of sp³-hybridized carbons (Fsp3) is 0.846. The van der Waals surface area contributed by atoms with Crippen LogP contribution in [0.3, 0.4) is 0 Å². The van der Waals surface area contributed by atoms with E-state index in [1.807, 2.05) is 4.90 Å². The molecule has 2 fully saturated rings. The Kier molecular flexibility index (Phi) is 4.44. The molecule has 5 nitrogen and oxygen atoms in total. The average molecular weight is 254 g/mol. The van der Waals surface area contributed by atoms with Gasteiger partial charge in [0.05, 0.1) is 0 Å². The van der Waals surface area contributed by atoms with Gasteiger partial charge in [0.25, 0.3) is 0 Å². The minimum Gasteiger partial charge on any atom is -0.465 e. The van der Waals surface area contributed by atoms with Crippen molar-refractivity contribution in [2.75, 3.05) is 13.1 Å².